The van der Waals surface area contributed by atoms with Gasteiger partial charge in [-0.1, -0.05) is 6.92 Å². The van der Waals surface area contributed by atoms with Gasteiger partial charge in [0.2, 0.25) is 0 Å². The molecule has 0 aliphatic carbocycles. The fourth-order valence-electron chi connectivity index (χ4n) is 0.285. The molecule has 1 heteroatoms. The van der Waals surface area contributed by atoms with Gasteiger partial charge < -0.3 is 6.42 Å². The van der Waals surface area contributed by atoms with Crippen LogP contribution in [0.4, 0.5) is 0 Å². The molecule has 0 aromatic carbocycles. The Hall–Kier alpha value is 0.363. The number of hydrogen-bond acceptors (Lipinski definition) is 0. The zero-order valence-corrected chi connectivity index (χ0v) is 7.95. The van der Waals surface area contributed by atoms with Gasteiger partial charge in [0.05, 0.1) is 0 Å². The van der Waals surface area contributed by atoms with Crippen molar-refractivity contribution in [2.24, 2.45) is 0 Å². The van der Waals surface area contributed by atoms with Crippen LogP contribution in [-0.2, 0) is 19.5 Å². The largest absolute Gasteiger partial charge is 0.325 e. The van der Waals surface area contributed by atoms with Crippen LogP contribution in [0.5, 0.6) is 0 Å². The van der Waals surface area contributed by atoms with Gasteiger partial charge in [-0.15, -0.1) is 12.7 Å². The number of unbranched alkanes of at least 4 members (excludes halogenated alkanes) is 2. The Morgan fingerprint density at radius 3 is 2.43 bits per heavy atom. The molecule has 0 heterocycles. The first kappa shape index (κ1) is 10.4. The Morgan fingerprint density at radius 2 is 2.29 bits per heavy atom. The van der Waals surface area contributed by atoms with Crippen LogP contribution in [0.1, 0.15) is 19.8 Å². The van der Waals surface area contributed by atoms with E-state index in [1.807, 2.05) is 6.08 Å². The van der Waals surface area contributed by atoms with Crippen LogP contribution in [-0.4, -0.2) is 0 Å². The summed E-state index contributed by atoms with van der Waals surface area (Å²) in [6.07, 6.45) is 6.30. The van der Waals surface area contributed by atoms with Crippen molar-refractivity contribution in [3.8, 4) is 0 Å². The molecule has 38 valence electrons. The third-order valence-electron chi connectivity index (χ3n) is 0.622. The van der Waals surface area contributed by atoms with Gasteiger partial charge in [-0.2, -0.15) is 12.8 Å². The van der Waals surface area contributed by atoms with Crippen molar-refractivity contribution >= 4 is 0 Å². The summed E-state index contributed by atoms with van der Waals surface area (Å²) in [4.78, 5) is 0. The van der Waals surface area contributed by atoms with E-state index < -0.39 is 0 Å². The topological polar surface area (TPSA) is 0 Å². The van der Waals surface area contributed by atoms with Crippen LogP contribution in [0.15, 0.2) is 12.7 Å². The minimum atomic E-state index is 0. The third kappa shape index (κ3) is 10.7. The van der Waals surface area contributed by atoms with Gasteiger partial charge in [-0.25, -0.2) is 0 Å². The maximum absolute atomic E-state index is 3.57. The summed E-state index contributed by atoms with van der Waals surface area (Å²) in [5, 5.41) is 0. The quantitative estimate of drug-likeness (QED) is 0.249. The average molecular weight is 149 g/mol. The maximum atomic E-state index is 3.57. The van der Waals surface area contributed by atoms with Crippen molar-refractivity contribution in [1.82, 2.24) is 0 Å². The Morgan fingerprint density at radius 1 is 1.71 bits per heavy atom. The van der Waals surface area contributed by atoms with Gasteiger partial charge in [0.15, 0.2) is 0 Å². The van der Waals surface area contributed by atoms with Crippen LogP contribution in [0.25, 0.3) is 0 Å². The molecule has 0 spiro atoms. The molecule has 0 aliphatic heterocycles. The molecule has 0 nitrogen and oxygen atoms in total. The van der Waals surface area contributed by atoms with Crippen LogP contribution < -0.4 is 0 Å². The zero-order valence-electron chi connectivity index (χ0n) is 4.98. The molecule has 0 aliphatic rings. The van der Waals surface area contributed by atoms with E-state index in [-0.39, 0.29) is 19.5 Å². The van der Waals surface area contributed by atoms with Gasteiger partial charge in [-0.05, 0) is 0 Å². The molecule has 0 N–H and O–H groups in total. The molecule has 0 bridgehead atoms. The second-order valence-corrected chi connectivity index (χ2v) is 1.22. The number of hydrogen-bond donors (Lipinski definition) is 0. The van der Waals surface area contributed by atoms with Crippen molar-refractivity contribution in [2.75, 3.05) is 0 Å². The summed E-state index contributed by atoms with van der Waals surface area (Å²) in [5.41, 5.74) is 0. The molecular formula is C6H11Zn-. The predicted octanol–water partition coefficient (Wildman–Crippen LogP) is 2.17. The van der Waals surface area contributed by atoms with E-state index >= 15 is 0 Å². The predicted molar refractivity (Wildman–Crippen MR) is 29.4 cm³/mol. The van der Waals surface area contributed by atoms with E-state index in [1.54, 1.807) is 0 Å². The van der Waals surface area contributed by atoms with Crippen LogP contribution in [0.2, 0.25) is 0 Å². The molecule has 0 aromatic rings. The molecule has 0 unspecified atom stereocenters. The summed E-state index contributed by atoms with van der Waals surface area (Å²) in [7, 11) is 0. The van der Waals surface area contributed by atoms with Crippen molar-refractivity contribution in [3.63, 3.8) is 0 Å². The van der Waals surface area contributed by atoms with E-state index in [2.05, 4.69) is 19.9 Å². The second kappa shape index (κ2) is 9.61. The summed E-state index contributed by atoms with van der Waals surface area (Å²) in [6, 6.07) is 0. The molecule has 0 amide bonds. The number of rotatable bonds is 3. The van der Waals surface area contributed by atoms with E-state index in [0.29, 0.717) is 0 Å². The monoisotopic (exact) mass is 147 g/mol. The van der Waals surface area contributed by atoms with Crippen molar-refractivity contribution in [2.45, 2.75) is 19.8 Å². The van der Waals surface area contributed by atoms with Crippen LogP contribution in [0.3, 0.4) is 0 Å². The van der Waals surface area contributed by atoms with E-state index in [4.69, 9.17) is 0 Å². The fourth-order valence-corrected chi connectivity index (χ4v) is 0.285. The summed E-state index contributed by atoms with van der Waals surface area (Å²) in [6.45, 7) is 5.70. The maximum Gasteiger partial charge on any atom is 0 e. The van der Waals surface area contributed by atoms with Gasteiger partial charge in [-0.3, -0.25) is 0 Å². The van der Waals surface area contributed by atoms with E-state index in [1.165, 1.54) is 0 Å². The summed E-state index contributed by atoms with van der Waals surface area (Å²) in [5.74, 6) is 0. The molecule has 0 fully saturated rings. The third-order valence-corrected chi connectivity index (χ3v) is 0.622. The van der Waals surface area contributed by atoms with E-state index in [0.717, 1.165) is 12.8 Å². The fraction of sp³-hybridized carbons (Fsp3) is 0.500. The molecule has 0 saturated heterocycles. The molecule has 0 atom stereocenters. The SMILES string of the molecule is C=CC[CH-]CC.[Zn]. The normalized spacial score (nSPS) is 7.00. The first-order valence-corrected chi connectivity index (χ1v) is 2.34. The Kier molecular flexibility index (Phi) is 14.2. The van der Waals surface area contributed by atoms with Gasteiger partial charge >= 0.3 is 0 Å². The molecule has 7 heavy (non-hydrogen) atoms. The smallest absolute Gasteiger partial charge is 0 e. The van der Waals surface area contributed by atoms with Gasteiger partial charge in [0.1, 0.15) is 0 Å². The standard InChI is InChI=1S/C6H11.Zn/c1-3-5-6-4-2;/h3,6H,1,4-5H2,2H3;/q-1;. The van der Waals surface area contributed by atoms with E-state index in [9.17, 15) is 0 Å². The zero-order chi connectivity index (χ0) is 4.83. The van der Waals surface area contributed by atoms with Crippen LogP contribution in [0, 0.1) is 6.42 Å². The number of allylic oxidation sites excluding steroid dienone is 1. The van der Waals surface area contributed by atoms with Crippen molar-refractivity contribution in [1.29, 1.82) is 0 Å². The first-order valence-electron chi connectivity index (χ1n) is 2.34. The second-order valence-electron chi connectivity index (χ2n) is 1.22. The molecule has 0 radical (unpaired) electrons. The molecule has 0 saturated carbocycles. The Labute approximate surface area is 58.8 Å². The first-order chi connectivity index (χ1) is 2.91. The van der Waals surface area contributed by atoms with Crippen molar-refractivity contribution < 1.29 is 19.5 Å². The van der Waals surface area contributed by atoms with Crippen LogP contribution >= 0.6 is 0 Å². The average Bonchev–Trinajstić information content (AvgIpc) is 1.61. The molecular weight excluding hydrogens is 137 g/mol. The van der Waals surface area contributed by atoms with Gasteiger partial charge in [0, 0.05) is 19.5 Å². The molecule has 0 rings (SSSR count). The minimum Gasteiger partial charge on any atom is -0.325 e. The Balaban J connectivity index is 0. The molecule has 0 aromatic heterocycles. The van der Waals surface area contributed by atoms with Crippen molar-refractivity contribution in [3.05, 3.63) is 19.1 Å². The summed E-state index contributed by atoms with van der Waals surface area (Å²) >= 11 is 0. The van der Waals surface area contributed by atoms with Gasteiger partial charge in [0.25, 0.3) is 0 Å². The summed E-state index contributed by atoms with van der Waals surface area (Å²) < 4.78 is 0. The Bertz CT molecular complexity index is 33.2. The minimum absolute atomic E-state index is 0.